The zero-order valence-electron chi connectivity index (χ0n) is 4.16. The first-order chi connectivity index (χ1) is 3.75. The summed E-state index contributed by atoms with van der Waals surface area (Å²) in [6.07, 6.45) is 0.547. The number of carboxylic acid groups (broad SMARTS) is 1. The van der Waals surface area contributed by atoms with Crippen molar-refractivity contribution in [2.75, 3.05) is 0 Å². The summed E-state index contributed by atoms with van der Waals surface area (Å²) in [6.45, 7) is 0. The molecule has 0 aromatic rings. The van der Waals surface area contributed by atoms with E-state index in [1.54, 1.807) is 0 Å². The molecule has 1 N–H and O–H groups in total. The van der Waals surface area contributed by atoms with Crippen molar-refractivity contribution in [2.24, 2.45) is 11.8 Å². The molecule has 2 unspecified atom stereocenters. The van der Waals surface area contributed by atoms with Gasteiger partial charge < -0.3 is 5.11 Å². The number of nitrogens with zero attached hydrogens (tertiary/aromatic N) is 1. The second kappa shape index (κ2) is 1.48. The van der Waals surface area contributed by atoms with E-state index in [0.717, 1.165) is 0 Å². The number of hydrogen-bond acceptors (Lipinski definition) is 2. The summed E-state index contributed by atoms with van der Waals surface area (Å²) in [5.41, 5.74) is 0. The van der Waals surface area contributed by atoms with Crippen LogP contribution in [0.2, 0.25) is 0 Å². The number of carboxylic acids is 1. The van der Waals surface area contributed by atoms with Crippen molar-refractivity contribution in [3.05, 3.63) is 0 Å². The molecule has 0 aromatic heterocycles. The van der Waals surface area contributed by atoms with Crippen molar-refractivity contribution >= 4 is 5.97 Å². The van der Waals surface area contributed by atoms with E-state index >= 15 is 0 Å². The van der Waals surface area contributed by atoms with Crippen LogP contribution in [0.25, 0.3) is 0 Å². The van der Waals surface area contributed by atoms with Crippen LogP contribution in [0.4, 0.5) is 0 Å². The number of aliphatic carboxylic acids is 1. The van der Waals surface area contributed by atoms with Crippen LogP contribution in [0, 0.1) is 23.2 Å². The summed E-state index contributed by atoms with van der Waals surface area (Å²) in [5, 5.41) is 16.3. The highest BCUT2D eigenvalue weighted by Crippen LogP contribution is 2.37. The van der Waals surface area contributed by atoms with Crippen molar-refractivity contribution in [1.82, 2.24) is 0 Å². The highest BCUT2D eigenvalue weighted by Gasteiger charge is 2.43. The van der Waals surface area contributed by atoms with Crippen LogP contribution >= 0.6 is 0 Å². The van der Waals surface area contributed by atoms with Crippen LogP contribution < -0.4 is 0 Å². The highest BCUT2D eigenvalue weighted by atomic mass is 16.4. The fraction of sp³-hybridized carbons (Fsp3) is 0.600. The topological polar surface area (TPSA) is 61.1 Å². The molecular formula is C5H5NO2. The Bertz CT molecular complexity index is 158. The van der Waals surface area contributed by atoms with Crippen LogP contribution in [0.1, 0.15) is 6.42 Å². The Morgan fingerprint density at radius 1 is 1.88 bits per heavy atom. The molecule has 0 spiro atoms. The van der Waals surface area contributed by atoms with E-state index in [4.69, 9.17) is 10.4 Å². The van der Waals surface area contributed by atoms with E-state index in [2.05, 4.69) is 0 Å². The highest BCUT2D eigenvalue weighted by molar-refractivity contribution is 5.74. The van der Waals surface area contributed by atoms with Gasteiger partial charge in [-0.3, -0.25) is 4.79 Å². The lowest BCUT2D eigenvalue weighted by atomic mass is 10.3. The molecule has 1 fully saturated rings. The van der Waals surface area contributed by atoms with Crippen molar-refractivity contribution in [3.63, 3.8) is 0 Å². The summed E-state index contributed by atoms with van der Waals surface area (Å²) in [6, 6.07) is 1.89. The molecule has 0 saturated heterocycles. The zero-order valence-corrected chi connectivity index (χ0v) is 4.16. The fourth-order valence-electron chi connectivity index (χ4n) is 0.611. The largest absolute Gasteiger partial charge is 0.481 e. The first kappa shape index (κ1) is 5.10. The van der Waals surface area contributed by atoms with Crippen LogP contribution in [0.5, 0.6) is 0 Å². The van der Waals surface area contributed by atoms with Gasteiger partial charge in [-0.25, -0.2) is 0 Å². The molecule has 1 aliphatic carbocycles. The van der Waals surface area contributed by atoms with Crippen LogP contribution in [0.3, 0.4) is 0 Å². The van der Waals surface area contributed by atoms with Crippen molar-refractivity contribution in [2.45, 2.75) is 6.42 Å². The summed E-state index contributed by atoms with van der Waals surface area (Å²) in [4.78, 5) is 9.98. The molecule has 8 heavy (non-hydrogen) atoms. The summed E-state index contributed by atoms with van der Waals surface area (Å²) in [7, 11) is 0. The monoisotopic (exact) mass is 111 g/mol. The van der Waals surface area contributed by atoms with Gasteiger partial charge in [-0.15, -0.1) is 0 Å². The van der Waals surface area contributed by atoms with Crippen LogP contribution in [-0.2, 0) is 4.79 Å². The number of rotatable bonds is 1. The average Bonchev–Trinajstić information content (AvgIpc) is 2.42. The molecule has 1 saturated carbocycles. The van der Waals surface area contributed by atoms with E-state index in [9.17, 15) is 4.79 Å². The first-order valence-corrected chi connectivity index (χ1v) is 2.38. The molecule has 0 radical (unpaired) electrons. The Kier molecular flexibility index (Phi) is 0.943. The lowest BCUT2D eigenvalue weighted by Gasteiger charge is -1.78. The fourth-order valence-corrected chi connectivity index (χ4v) is 0.611. The third kappa shape index (κ3) is 0.648. The van der Waals surface area contributed by atoms with E-state index in [0.29, 0.717) is 6.42 Å². The maximum atomic E-state index is 9.98. The number of nitriles is 1. The van der Waals surface area contributed by atoms with Gasteiger partial charge in [0.05, 0.1) is 17.9 Å². The van der Waals surface area contributed by atoms with Gasteiger partial charge in [-0.2, -0.15) is 5.26 Å². The lowest BCUT2D eigenvalue weighted by molar-refractivity contribution is -0.138. The quantitative estimate of drug-likeness (QED) is 0.526. The van der Waals surface area contributed by atoms with Crippen molar-refractivity contribution in [1.29, 1.82) is 5.26 Å². The molecule has 3 nitrogen and oxygen atoms in total. The Morgan fingerprint density at radius 2 is 2.50 bits per heavy atom. The Hall–Kier alpha value is -1.04. The summed E-state index contributed by atoms with van der Waals surface area (Å²) >= 11 is 0. The first-order valence-electron chi connectivity index (χ1n) is 2.38. The molecule has 0 aliphatic heterocycles. The second-order valence-electron chi connectivity index (χ2n) is 1.92. The van der Waals surface area contributed by atoms with Gasteiger partial charge in [0.1, 0.15) is 0 Å². The summed E-state index contributed by atoms with van der Waals surface area (Å²) in [5.74, 6) is -1.40. The van der Waals surface area contributed by atoms with Gasteiger partial charge in [0, 0.05) is 0 Å². The molecular weight excluding hydrogens is 106 g/mol. The predicted octanol–water partition coefficient (Wildman–Crippen LogP) is 0.231. The molecule has 1 rings (SSSR count). The van der Waals surface area contributed by atoms with E-state index in [-0.39, 0.29) is 11.8 Å². The van der Waals surface area contributed by atoms with Crippen molar-refractivity contribution < 1.29 is 9.90 Å². The Balaban J connectivity index is 2.40. The standard InChI is InChI=1S/C5H5NO2/c6-2-3-1-4(3)5(7)8/h3-4H,1H2,(H,7,8). The van der Waals surface area contributed by atoms with Crippen LogP contribution in [0.15, 0.2) is 0 Å². The average molecular weight is 111 g/mol. The molecule has 2 atom stereocenters. The number of hydrogen-bond donors (Lipinski definition) is 1. The smallest absolute Gasteiger partial charge is 0.307 e. The second-order valence-corrected chi connectivity index (χ2v) is 1.92. The molecule has 42 valence electrons. The van der Waals surface area contributed by atoms with Gasteiger partial charge in [0.25, 0.3) is 0 Å². The van der Waals surface area contributed by atoms with E-state index < -0.39 is 5.97 Å². The normalized spacial score (nSPS) is 33.4. The van der Waals surface area contributed by atoms with E-state index in [1.165, 1.54) is 0 Å². The number of carbonyl (C=O) groups is 1. The minimum Gasteiger partial charge on any atom is -0.481 e. The molecule has 0 amide bonds. The molecule has 0 aromatic carbocycles. The third-order valence-corrected chi connectivity index (χ3v) is 1.27. The Morgan fingerprint density at radius 3 is 2.62 bits per heavy atom. The predicted molar refractivity (Wildman–Crippen MR) is 24.8 cm³/mol. The summed E-state index contributed by atoms with van der Waals surface area (Å²) < 4.78 is 0. The minimum absolute atomic E-state index is 0.201. The zero-order chi connectivity index (χ0) is 6.15. The van der Waals surface area contributed by atoms with Gasteiger partial charge in [-0.05, 0) is 6.42 Å². The lowest BCUT2D eigenvalue weighted by Crippen LogP contribution is -1.97. The maximum Gasteiger partial charge on any atom is 0.307 e. The van der Waals surface area contributed by atoms with Gasteiger partial charge in [0.15, 0.2) is 0 Å². The molecule has 0 bridgehead atoms. The molecule has 3 heteroatoms. The SMILES string of the molecule is N#CC1CC1C(=O)O. The van der Waals surface area contributed by atoms with Crippen LogP contribution in [-0.4, -0.2) is 11.1 Å². The molecule has 0 heterocycles. The van der Waals surface area contributed by atoms with Gasteiger partial charge in [-0.1, -0.05) is 0 Å². The molecule has 1 aliphatic rings. The maximum absolute atomic E-state index is 9.98. The van der Waals surface area contributed by atoms with Gasteiger partial charge >= 0.3 is 5.97 Å². The van der Waals surface area contributed by atoms with Gasteiger partial charge in [0.2, 0.25) is 0 Å². The Labute approximate surface area is 46.5 Å². The van der Waals surface area contributed by atoms with E-state index in [1.807, 2.05) is 6.07 Å². The third-order valence-electron chi connectivity index (χ3n) is 1.27. The van der Waals surface area contributed by atoms with Crippen molar-refractivity contribution in [3.8, 4) is 6.07 Å². The minimum atomic E-state index is -0.837.